The van der Waals surface area contributed by atoms with E-state index in [0.29, 0.717) is 11.3 Å². The normalized spacial score (nSPS) is 11.1. The zero-order valence-corrected chi connectivity index (χ0v) is 13.9. The number of hydrogen-bond donors (Lipinski definition) is 1. The minimum atomic E-state index is -4.33. The van der Waals surface area contributed by atoms with Gasteiger partial charge in [0.2, 0.25) is 0 Å². The molecule has 1 N–H and O–H groups in total. The van der Waals surface area contributed by atoms with Gasteiger partial charge >= 0.3 is 12.1 Å². The number of rotatable bonds is 6. The molecule has 0 heterocycles. The summed E-state index contributed by atoms with van der Waals surface area (Å²) in [7, 11) is 0. The first-order valence-corrected chi connectivity index (χ1v) is 7.61. The number of benzene rings is 2. The third kappa shape index (κ3) is 6.54. The molecule has 2 rings (SSSR count). The van der Waals surface area contributed by atoms with Crippen LogP contribution in [0.5, 0.6) is 11.5 Å². The Kier molecular flexibility index (Phi) is 6.14. The molecule has 0 radical (unpaired) electrons. The number of halogens is 4. The molecule has 2 aromatic carbocycles. The van der Waals surface area contributed by atoms with Gasteiger partial charge in [0.05, 0.1) is 0 Å². The van der Waals surface area contributed by atoms with Crippen molar-refractivity contribution < 1.29 is 27.4 Å². The van der Waals surface area contributed by atoms with Crippen LogP contribution in [0, 0.1) is 0 Å². The molecule has 0 saturated heterocycles. The van der Waals surface area contributed by atoms with Crippen LogP contribution in [0.1, 0.15) is 12.5 Å². The first kappa shape index (κ1) is 18.9. The molecule has 0 bridgehead atoms. The van der Waals surface area contributed by atoms with E-state index in [-0.39, 0.29) is 23.1 Å². The Morgan fingerprint density at radius 2 is 1.84 bits per heavy atom. The molecule has 0 saturated carbocycles. The molecule has 2 aromatic rings. The smallest absolute Gasteiger partial charge is 0.405 e. The Morgan fingerprint density at radius 3 is 2.48 bits per heavy atom. The lowest BCUT2D eigenvalue weighted by Gasteiger charge is -2.13. The van der Waals surface area contributed by atoms with Crippen LogP contribution < -0.4 is 14.8 Å². The number of anilines is 1. The summed E-state index contributed by atoms with van der Waals surface area (Å²) in [6, 6.07) is 11.1. The largest absolute Gasteiger partial charge is 0.485 e. The van der Waals surface area contributed by atoms with E-state index in [1.165, 1.54) is 19.1 Å². The van der Waals surface area contributed by atoms with Gasteiger partial charge in [0.1, 0.15) is 13.2 Å². The van der Waals surface area contributed by atoms with Crippen LogP contribution in [-0.2, 0) is 11.4 Å². The van der Waals surface area contributed by atoms with E-state index in [1.807, 2.05) is 0 Å². The van der Waals surface area contributed by atoms with Crippen LogP contribution in [0.25, 0.3) is 0 Å². The number of carbonyl (C=O) groups excluding carboxylic acids is 1. The van der Waals surface area contributed by atoms with E-state index in [2.05, 4.69) is 5.32 Å². The van der Waals surface area contributed by atoms with Crippen molar-refractivity contribution in [3.05, 3.63) is 53.1 Å². The van der Waals surface area contributed by atoms with Crippen molar-refractivity contribution in [1.82, 2.24) is 0 Å². The van der Waals surface area contributed by atoms with Crippen molar-refractivity contribution in [2.45, 2.75) is 19.7 Å². The van der Waals surface area contributed by atoms with E-state index in [9.17, 15) is 18.0 Å². The van der Waals surface area contributed by atoms with Gasteiger partial charge in [-0.15, -0.1) is 0 Å². The highest BCUT2D eigenvalue weighted by molar-refractivity contribution is 6.30. The van der Waals surface area contributed by atoms with Crippen LogP contribution >= 0.6 is 11.6 Å². The summed E-state index contributed by atoms with van der Waals surface area (Å²) in [6.45, 7) is 0.148. The number of nitrogens with one attached hydrogen (secondary N) is 1. The van der Waals surface area contributed by atoms with Crippen LogP contribution in [0.2, 0.25) is 5.02 Å². The van der Waals surface area contributed by atoms with Gasteiger partial charge in [-0.3, -0.25) is 4.79 Å². The van der Waals surface area contributed by atoms with Crippen molar-refractivity contribution in [3.63, 3.8) is 0 Å². The summed E-state index contributed by atoms with van der Waals surface area (Å²) >= 11 is 5.94. The molecule has 0 amide bonds. The molecule has 25 heavy (non-hydrogen) atoms. The Balaban J connectivity index is 2.08. The molecule has 0 aliphatic carbocycles. The molecule has 4 nitrogen and oxygen atoms in total. The van der Waals surface area contributed by atoms with Crippen molar-refractivity contribution in [3.8, 4) is 11.5 Å². The van der Waals surface area contributed by atoms with E-state index in [1.54, 1.807) is 30.3 Å². The lowest BCUT2D eigenvalue weighted by Crippen LogP contribution is -2.21. The summed E-state index contributed by atoms with van der Waals surface area (Å²) in [5.41, 5.74) is 0.798. The second-order valence-corrected chi connectivity index (χ2v) is 5.58. The topological polar surface area (TPSA) is 47.6 Å². The van der Waals surface area contributed by atoms with Gasteiger partial charge in [-0.1, -0.05) is 23.7 Å². The third-order valence-corrected chi connectivity index (χ3v) is 3.17. The fourth-order valence-corrected chi connectivity index (χ4v) is 2.27. The lowest BCUT2D eigenvalue weighted by molar-refractivity contribution is -0.132. The second kappa shape index (κ2) is 8.11. The molecular weight excluding hydrogens is 359 g/mol. The Morgan fingerprint density at radius 1 is 1.16 bits per heavy atom. The average molecular weight is 374 g/mol. The van der Waals surface area contributed by atoms with Crippen LogP contribution in [0.15, 0.2) is 42.5 Å². The Hall–Kier alpha value is -2.41. The van der Waals surface area contributed by atoms with E-state index >= 15 is 0 Å². The van der Waals surface area contributed by atoms with Crippen LogP contribution in [0.3, 0.4) is 0 Å². The SMILES string of the molecule is CC(=O)Oc1ccccc1OCc1cc(Cl)cc(NCC(F)(F)F)c1. The number of carbonyl (C=O) groups is 1. The highest BCUT2D eigenvalue weighted by atomic mass is 35.5. The van der Waals surface area contributed by atoms with Crippen LogP contribution in [-0.4, -0.2) is 18.7 Å². The zero-order valence-electron chi connectivity index (χ0n) is 13.2. The molecule has 0 aromatic heterocycles. The molecule has 0 atom stereocenters. The second-order valence-electron chi connectivity index (χ2n) is 5.15. The van der Waals surface area contributed by atoms with Crippen molar-refractivity contribution in [2.24, 2.45) is 0 Å². The molecule has 134 valence electrons. The van der Waals surface area contributed by atoms with Crippen molar-refractivity contribution in [2.75, 3.05) is 11.9 Å². The van der Waals surface area contributed by atoms with Gasteiger partial charge < -0.3 is 14.8 Å². The molecular formula is C17H15ClF3NO3. The van der Waals surface area contributed by atoms with Gasteiger partial charge in [-0.2, -0.15) is 13.2 Å². The molecule has 0 aliphatic heterocycles. The third-order valence-electron chi connectivity index (χ3n) is 2.95. The van der Waals surface area contributed by atoms with E-state index in [0.717, 1.165) is 0 Å². The van der Waals surface area contributed by atoms with Gasteiger partial charge in [-0.05, 0) is 35.9 Å². The summed E-state index contributed by atoms with van der Waals surface area (Å²) in [5.74, 6) is 0.104. The minimum absolute atomic E-state index is 0.0412. The monoisotopic (exact) mass is 373 g/mol. The number of para-hydroxylation sites is 2. The van der Waals surface area contributed by atoms with Gasteiger partial charge in [0.15, 0.2) is 11.5 Å². The van der Waals surface area contributed by atoms with Crippen LogP contribution in [0.4, 0.5) is 18.9 Å². The molecule has 0 fully saturated rings. The molecule has 0 aliphatic rings. The number of alkyl halides is 3. The first-order valence-electron chi connectivity index (χ1n) is 7.23. The summed E-state index contributed by atoms with van der Waals surface area (Å²) in [4.78, 5) is 11.1. The van der Waals surface area contributed by atoms with Gasteiger partial charge in [0.25, 0.3) is 0 Å². The quantitative estimate of drug-likeness (QED) is 0.582. The maximum absolute atomic E-state index is 12.3. The molecule has 0 spiro atoms. The van der Waals surface area contributed by atoms with E-state index in [4.69, 9.17) is 21.1 Å². The van der Waals surface area contributed by atoms with Crippen molar-refractivity contribution >= 4 is 23.3 Å². The van der Waals surface area contributed by atoms with Gasteiger partial charge in [0, 0.05) is 17.6 Å². The summed E-state index contributed by atoms with van der Waals surface area (Å²) in [5, 5.41) is 2.54. The highest BCUT2D eigenvalue weighted by Crippen LogP contribution is 2.28. The Bertz CT molecular complexity index is 750. The number of ether oxygens (including phenoxy) is 2. The lowest BCUT2D eigenvalue weighted by atomic mass is 10.2. The molecule has 8 heteroatoms. The van der Waals surface area contributed by atoms with Gasteiger partial charge in [-0.25, -0.2) is 0 Å². The first-order chi connectivity index (χ1) is 11.7. The average Bonchev–Trinajstić information content (AvgIpc) is 2.50. The zero-order chi connectivity index (χ0) is 18.4. The maximum atomic E-state index is 12.3. The number of hydrogen-bond acceptors (Lipinski definition) is 4. The maximum Gasteiger partial charge on any atom is 0.405 e. The predicted molar refractivity (Wildman–Crippen MR) is 88.1 cm³/mol. The minimum Gasteiger partial charge on any atom is -0.485 e. The predicted octanol–water partition coefficient (Wildman–Crippen LogP) is 4.82. The summed E-state index contributed by atoms with van der Waals surface area (Å²) < 4.78 is 47.5. The number of esters is 1. The fraction of sp³-hybridized carbons (Fsp3) is 0.235. The summed E-state index contributed by atoms with van der Waals surface area (Å²) in [6.07, 6.45) is -4.33. The van der Waals surface area contributed by atoms with Crippen molar-refractivity contribution in [1.29, 1.82) is 0 Å². The highest BCUT2D eigenvalue weighted by Gasteiger charge is 2.26. The standard InChI is InChI=1S/C17H15ClF3NO3/c1-11(23)25-16-5-3-2-4-15(16)24-9-12-6-13(18)8-14(7-12)22-10-17(19,20)21/h2-8,22H,9-10H2,1H3. The Labute approximate surface area is 147 Å². The fourth-order valence-electron chi connectivity index (χ4n) is 2.01. The van der Waals surface area contributed by atoms with E-state index < -0.39 is 18.7 Å². The molecule has 0 unspecified atom stereocenters.